The van der Waals surface area contributed by atoms with Crippen molar-refractivity contribution in [2.45, 2.75) is 12.8 Å². The average molecular weight is 322 g/mol. The van der Waals surface area contributed by atoms with E-state index in [0.29, 0.717) is 17.7 Å². The summed E-state index contributed by atoms with van der Waals surface area (Å²) in [7, 11) is 0. The SMILES string of the molecule is O=C(CN1CCCc2ccccc21)Nc1ccc2[nH]c(=O)[nH]c2c1. The highest BCUT2D eigenvalue weighted by molar-refractivity contribution is 5.95. The lowest BCUT2D eigenvalue weighted by molar-refractivity contribution is -0.115. The molecule has 0 bridgehead atoms. The van der Waals surface area contributed by atoms with E-state index in [1.54, 1.807) is 18.2 Å². The van der Waals surface area contributed by atoms with Crippen molar-refractivity contribution >= 4 is 28.3 Å². The molecule has 4 rings (SSSR count). The van der Waals surface area contributed by atoms with Crippen LogP contribution < -0.4 is 15.9 Å². The van der Waals surface area contributed by atoms with Crippen LogP contribution in [0.25, 0.3) is 11.0 Å². The van der Waals surface area contributed by atoms with Crippen molar-refractivity contribution in [2.24, 2.45) is 0 Å². The minimum absolute atomic E-state index is 0.0658. The summed E-state index contributed by atoms with van der Waals surface area (Å²) in [5.41, 5.74) is 4.27. The van der Waals surface area contributed by atoms with E-state index >= 15 is 0 Å². The Bertz CT molecular complexity index is 957. The number of H-pyrrole nitrogens is 2. The van der Waals surface area contributed by atoms with E-state index in [-0.39, 0.29) is 11.6 Å². The zero-order valence-electron chi connectivity index (χ0n) is 13.1. The topological polar surface area (TPSA) is 81.0 Å². The molecule has 0 fully saturated rings. The van der Waals surface area contributed by atoms with Crippen molar-refractivity contribution in [3.63, 3.8) is 0 Å². The first-order chi connectivity index (χ1) is 11.7. The molecule has 0 aliphatic carbocycles. The Balaban J connectivity index is 1.49. The number of rotatable bonds is 3. The van der Waals surface area contributed by atoms with Gasteiger partial charge in [-0.1, -0.05) is 18.2 Å². The number of anilines is 2. The number of benzene rings is 2. The monoisotopic (exact) mass is 322 g/mol. The molecule has 24 heavy (non-hydrogen) atoms. The molecule has 2 heterocycles. The predicted molar refractivity (Wildman–Crippen MR) is 94.5 cm³/mol. The second kappa shape index (κ2) is 5.88. The normalized spacial score (nSPS) is 13.8. The number of carbonyl (C=O) groups is 1. The summed E-state index contributed by atoms with van der Waals surface area (Å²) in [5.74, 6) is -0.0658. The van der Waals surface area contributed by atoms with Crippen molar-refractivity contribution < 1.29 is 4.79 Å². The largest absolute Gasteiger partial charge is 0.362 e. The first kappa shape index (κ1) is 14.6. The number of nitrogens with zero attached hydrogens (tertiary/aromatic N) is 1. The van der Waals surface area contributed by atoms with E-state index in [1.807, 2.05) is 12.1 Å². The molecule has 3 aromatic rings. The molecule has 122 valence electrons. The minimum Gasteiger partial charge on any atom is -0.362 e. The summed E-state index contributed by atoms with van der Waals surface area (Å²) in [6.45, 7) is 1.20. The van der Waals surface area contributed by atoms with Gasteiger partial charge in [-0.2, -0.15) is 0 Å². The van der Waals surface area contributed by atoms with Gasteiger partial charge < -0.3 is 20.2 Å². The van der Waals surface area contributed by atoms with Crippen molar-refractivity contribution in [1.82, 2.24) is 9.97 Å². The van der Waals surface area contributed by atoms with Gasteiger partial charge in [-0.15, -0.1) is 0 Å². The molecule has 0 spiro atoms. The quantitative estimate of drug-likeness (QED) is 0.692. The molecule has 0 saturated carbocycles. The van der Waals surface area contributed by atoms with Crippen LogP contribution in [-0.2, 0) is 11.2 Å². The van der Waals surface area contributed by atoms with E-state index in [2.05, 4.69) is 32.3 Å². The summed E-state index contributed by atoms with van der Waals surface area (Å²) >= 11 is 0. The number of imidazole rings is 1. The zero-order chi connectivity index (χ0) is 16.5. The molecule has 6 nitrogen and oxygen atoms in total. The number of hydrogen-bond donors (Lipinski definition) is 3. The number of amides is 1. The van der Waals surface area contributed by atoms with Crippen LogP contribution in [0.3, 0.4) is 0 Å². The minimum atomic E-state index is -0.251. The molecule has 1 amide bonds. The number of fused-ring (bicyclic) bond motifs is 2. The summed E-state index contributed by atoms with van der Waals surface area (Å²) in [5, 5.41) is 2.90. The smallest absolute Gasteiger partial charge is 0.323 e. The van der Waals surface area contributed by atoms with Gasteiger partial charge in [-0.25, -0.2) is 4.79 Å². The van der Waals surface area contributed by atoms with Gasteiger partial charge in [-0.05, 0) is 42.7 Å². The van der Waals surface area contributed by atoms with E-state index in [0.717, 1.165) is 30.6 Å². The molecule has 3 N–H and O–H groups in total. The molecule has 1 aliphatic rings. The van der Waals surface area contributed by atoms with Crippen LogP contribution in [0, 0.1) is 0 Å². The molecule has 0 atom stereocenters. The molecule has 0 radical (unpaired) electrons. The van der Waals surface area contributed by atoms with E-state index in [9.17, 15) is 9.59 Å². The van der Waals surface area contributed by atoms with Crippen LogP contribution in [0.15, 0.2) is 47.3 Å². The number of para-hydroxylation sites is 1. The Morgan fingerprint density at radius 2 is 1.96 bits per heavy atom. The van der Waals surface area contributed by atoms with Crippen molar-refractivity contribution in [2.75, 3.05) is 23.3 Å². The molecule has 6 heteroatoms. The fourth-order valence-electron chi connectivity index (χ4n) is 3.26. The summed E-state index contributed by atoms with van der Waals surface area (Å²) in [6, 6.07) is 13.6. The third kappa shape index (κ3) is 2.78. The second-order valence-corrected chi connectivity index (χ2v) is 6.04. The van der Waals surface area contributed by atoms with E-state index < -0.39 is 0 Å². The highest BCUT2D eigenvalue weighted by Gasteiger charge is 2.18. The Hall–Kier alpha value is -3.02. The van der Waals surface area contributed by atoms with Crippen molar-refractivity contribution in [3.8, 4) is 0 Å². The van der Waals surface area contributed by atoms with Crippen LogP contribution in [0.5, 0.6) is 0 Å². The highest BCUT2D eigenvalue weighted by Crippen LogP contribution is 2.26. The number of aryl methyl sites for hydroxylation is 1. The lowest BCUT2D eigenvalue weighted by atomic mass is 10.0. The molecular weight excluding hydrogens is 304 g/mol. The predicted octanol–water partition coefficient (Wildman–Crippen LogP) is 2.25. The highest BCUT2D eigenvalue weighted by atomic mass is 16.2. The van der Waals surface area contributed by atoms with Crippen molar-refractivity contribution in [1.29, 1.82) is 0 Å². The van der Waals surface area contributed by atoms with Crippen LogP contribution in [0.1, 0.15) is 12.0 Å². The van der Waals surface area contributed by atoms with Crippen LogP contribution in [0.2, 0.25) is 0 Å². The van der Waals surface area contributed by atoms with E-state index in [1.165, 1.54) is 5.56 Å². The molecule has 1 aliphatic heterocycles. The first-order valence-electron chi connectivity index (χ1n) is 8.04. The van der Waals surface area contributed by atoms with Gasteiger partial charge in [0.25, 0.3) is 0 Å². The standard InChI is InChI=1S/C18H18N4O2/c23-17(11-22-9-3-5-12-4-1-2-6-16(12)22)19-13-7-8-14-15(10-13)21-18(24)20-14/h1-2,4,6-8,10H,3,5,9,11H2,(H,19,23)(H2,20,21,24). The molecule has 0 unspecified atom stereocenters. The van der Waals surface area contributed by atoms with Gasteiger partial charge in [0.1, 0.15) is 0 Å². The molecule has 0 saturated heterocycles. The number of aromatic amines is 2. The Morgan fingerprint density at radius 3 is 2.88 bits per heavy atom. The van der Waals surface area contributed by atoms with Crippen LogP contribution >= 0.6 is 0 Å². The number of aromatic nitrogens is 2. The molecule has 2 aromatic carbocycles. The summed E-state index contributed by atoms with van der Waals surface area (Å²) in [4.78, 5) is 31.2. The van der Waals surface area contributed by atoms with Crippen LogP contribution in [-0.4, -0.2) is 29.0 Å². The summed E-state index contributed by atoms with van der Waals surface area (Å²) < 4.78 is 0. The Morgan fingerprint density at radius 1 is 1.12 bits per heavy atom. The zero-order valence-corrected chi connectivity index (χ0v) is 13.1. The van der Waals surface area contributed by atoms with Gasteiger partial charge in [0, 0.05) is 17.9 Å². The van der Waals surface area contributed by atoms with Crippen LogP contribution in [0.4, 0.5) is 11.4 Å². The fourth-order valence-corrected chi connectivity index (χ4v) is 3.26. The Kier molecular flexibility index (Phi) is 3.57. The van der Waals surface area contributed by atoms with E-state index in [4.69, 9.17) is 0 Å². The first-order valence-corrected chi connectivity index (χ1v) is 8.04. The number of nitrogens with one attached hydrogen (secondary N) is 3. The maximum atomic E-state index is 12.4. The molecular formula is C18H18N4O2. The summed E-state index contributed by atoms with van der Waals surface area (Å²) in [6.07, 6.45) is 2.12. The second-order valence-electron chi connectivity index (χ2n) is 6.04. The number of hydrogen-bond acceptors (Lipinski definition) is 3. The van der Waals surface area contributed by atoms with Gasteiger partial charge in [0.05, 0.1) is 17.6 Å². The van der Waals surface area contributed by atoms with Gasteiger partial charge in [-0.3, -0.25) is 4.79 Å². The van der Waals surface area contributed by atoms with Gasteiger partial charge in [0.2, 0.25) is 5.91 Å². The van der Waals surface area contributed by atoms with Crippen molar-refractivity contribution in [3.05, 3.63) is 58.5 Å². The maximum Gasteiger partial charge on any atom is 0.323 e. The van der Waals surface area contributed by atoms with Gasteiger partial charge in [0.15, 0.2) is 0 Å². The number of carbonyl (C=O) groups excluding carboxylic acids is 1. The fraction of sp³-hybridized carbons (Fsp3) is 0.222. The third-order valence-corrected chi connectivity index (χ3v) is 4.34. The lowest BCUT2D eigenvalue weighted by Crippen LogP contribution is -2.36. The molecule has 1 aromatic heterocycles. The van der Waals surface area contributed by atoms with Gasteiger partial charge >= 0.3 is 5.69 Å². The Labute approximate surface area is 138 Å². The third-order valence-electron chi connectivity index (χ3n) is 4.34. The average Bonchev–Trinajstić information content (AvgIpc) is 2.94. The lowest BCUT2D eigenvalue weighted by Gasteiger charge is -2.30. The maximum absolute atomic E-state index is 12.4.